The number of nitrogens with zero attached hydrogens (tertiary/aromatic N) is 1. The van der Waals surface area contributed by atoms with Crippen molar-refractivity contribution in [3.05, 3.63) is 30.7 Å². The second kappa shape index (κ2) is 3.99. The summed E-state index contributed by atoms with van der Waals surface area (Å²) in [6, 6.07) is 0. The van der Waals surface area contributed by atoms with Crippen LogP contribution in [-0.4, -0.2) is 10.1 Å². The number of aliphatic hydroxyl groups excluding tert-OH is 1. The fourth-order valence-electron chi connectivity index (χ4n) is 1.44. The molecule has 0 amide bonds. The highest BCUT2D eigenvalue weighted by Crippen LogP contribution is 2.27. The molecular weight excluding hydrogens is 242 g/mol. The SMILES string of the molecule is C/C(O)=C\c1nc2sc(C)c(C)c2c(=O)s1. The van der Waals surface area contributed by atoms with Crippen LogP contribution in [-0.2, 0) is 0 Å². The number of rotatable bonds is 1. The predicted molar refractivity (Wildman–Crippen MR) is 69.5 cm³/mol. The predicted octanol–water partition coefficient (Wildman–Crippen LogP) is 3.25. The Labute approximate surface area is 101 Å². The first kappa shape index (κ1) is 11.3. The Hall–Kier alpha value is -1.20. The van der Waals surface area contributed by atoms with E-state index in [2.05, 4.69) is 4.98 Å². The maximum absolute atomic E-state index is 11.9. The summed E-state index contributed by atoms with van der Waals surface area (Å²) in [6.07, 6.45) is 1.51. The molecule has 0 aromatic carbocycles. The second-order valence-corrected chi connectivity index (χ2v) is 5.79. The van der Waals surface area contributed by atoms with Crippen molar-refractivity contribution in [2.75, 3.05) is 0 Å². The van der Waals surface area contributed by atoms with Gasteiger partial charge in [-0.1, -0.05) is 11.3 Å². The number of aromatic nitrogens is 1. The standard InChI is InChI=1S/C11H11NO2S2/c1-5(13)4-8-12-10-9(11(14)16-8)6(2)7(3)15-10/h4,13H,1-3H3/b5-4+. The minimum absolute atomic E-state index is 0.0133. The van der Waals surface area contributed by atoms with Crippen LogP contribution in [0.4, 0.5) is 0 Å². The van der Waals surface area contributed by atoms with Gasteiger partial charge in [0, 0.05) is 11.0 Å². The van der Waals surface area contributed by atoms with Gasteiger partial charge in [0.25, 0.3) is 0 Å². The number of thiophene rings is 1. The summed E-state index contributed by atoms with van der Waals surface area (Å²) in [6.45, 7) is 5.49. The lowest BCUT2D eigenvalue weighted by Crippen LogP contribution is -1.97. The Kier molecular flexibility index (Phi) is 2.82. The summed E-state index contributed by atoms with van der Waals surface area (Å²) >= 11 is 2.59. The number of hydrogen-bond acceptors (Lipinski definition) is 5. The van der Waals surface area contributed by atoms with E-state index in [1.807, 2.05) is 13.8 Å². The molecule has 0 atom stereocenters. The minimum atomic E-state index is 0.0133. The zero-order valence-corrected chi connectivity index (χ0v) is 10.8. The third-order valence-corrected chi connectivity index (χ3v) is 4.22. The van der Waals surface area contributed by atoms with Crippen molar-refractivity contribution >= 4 is 39.0 Å². The molecule has 5 heteroatoms. The Balaban J connectivity index is 2.79. The van der Waals surface area contributed by atoms with Gasteiger partial charge in [-0.05, 0) is 26.3 Å². The lowest BCUT2D eigenvalue weighted by atomic mass is 10.2. The van der Waals surface area contributed by atoms with Crippen LogP contribution in [0.1, 0.15) is 22.4 Å². The van der Waals surface area contributed by atoms with Crippen LogP contribution in [0.25, 0.3) is 16.3 Å². The van der Waals surface area contributed by atoms with Gasteiger partial charge < -0.3 is 5.11 Å². The Bertz CT molecular complexity index is 633. The van der Waals surface area contributed by atoms with Crippen LogP contribution < -0.4 is 4.74 Å². The van der Waals surface area contributed by atoms with Crippen LogP contribution in [0, 0.1) is 13.8 Å². The van der Waals surface area contributed by atoms with Gasteiger partial charge >= 0.3 is 0 Å². The van der Waals surface area contributed by atoms with Gasteiger partial charge in [0.1, 0.15) is 9.84 Å². The topological polar surface area (TPSA) is 50.2 Å². The van der Waals surface area contributed by atoms with Crippen molar-refractivity contribution in [3.8, 4) is 0 Å². The van der Waals surface area contributed by atoms with E-state index < -0.39 is 0 Å². The number of aryl methyl sites for hydroxylation is 2. The van der Waals surface area contributed by atoms with Crippen LogP contribution >= 0.6 is 22.7 Å². The Morgan fingerprint density at radius 1 is 1.38 bits per heavy atom. The van der Waals surface area contributed by atoms with Gasteiger partial charge in [-0.3, -0.25) is 4.79 Å². The fraction of sp³-hybridized carbons (Fsp3) is 0.273. The molecule has 3 nitrogen and oxygen atoms in total. The fourth-order valence-corrected chi connectivity index (χ4v) is 3.51. The summed E-state index contributed by atoms with van der Waals surface area (Å²) < 4.78 is 0.0133. The monoisotopic (exact) mass is 253 g/mol. The normalized spacial score (nSPS) is 12.3. The highest BCUT2D eigenvalue weighted by atomic mass is 32.1. The Morgan fingerprint density at radius 2 is 2.06 bits per heavy atom. The van der Waals surface area contributed by atoms with E-state index in [0.29, 0.717) is 5.01 Å². The summed E-state index contributed by atoms with van der Waals surface area (Å²) in [4.78, 5) is 18.1. The molecule has 0 aliphatic carbocycles. The van der Waals surface area contributed by atoms with Crippen molar-refractivity contribution in [1.29, 1.82) is 0 Å². The summed E-state index contributed by atoms with van der Waals surface area (Å²) in [5.74, 6) is 0.160. The average Bonchev–Trinajstić information content (AvgIpc) is 2.41. The van der Waals surface area contributed by atoms with Crippen LogP contribution in [0.3, 0.4) is 0 Å². The average molecular weight is 253 g/mol. The third-order valence-electron chi connectivity index (χ3n) is 2.31. The van der Waals surface area contributed by atoms with Crippen LogP contribution in [0.5, 0.6) is 0 Å². The summed E-state index contributed by atoms with van der Waals surface area (Å²) in [7, 11) is 0. The van der Waals surface area contributed by atoms with Gasteiger partial charge in [-0.15, -0.1) is 11.3 Å². The molecule has 0 bridgehead atoms. The Morgan fingerprint density at radius 3 is 2.69 bits per heavy atom. The molecule has 2 rings (SSSR count). The van der Waals surface area contributed by atoms with Gasteiger partial charge in [0.15, 0.2) is 0 Å². The maximum atomic E-state index is 11.9. The molecule has 84 valence electrons. The number of fused-ring (bicyclic) bond motifs is 1. The maximum Gasteiger partial charge on any atom is 0.244 e. The highest BCUT2D eigenvalue weighted by Gasteiger charge is 2.11. The van der Waals surface area contributed by atoms with E-state index in [4.69, 9.17) is 5.11 Å². The van der Waals surface area contributed by atoms with E-state index in [0.717, 1.165) is 32.0 Å². The van der Waals surface area contributed by atoms with E-state index >= 15 is 0 Å². The van der Waals surface area contributed by atoms with Crippen molar-refractivity contribution in [2.45, 2.75) is 20.8 Å². The first-order valence-corrected chi connectivity index (χ1v) is 6.40. The quantitative estimate of drug-likeness (QED) is 0.794. The molecule has 1 N–H and O–H groups in total. The zero-order valence-electron chi connectivity index (χ0n) is 9.20. The summed E-state index contributed by atoms with van der Waals surface area (Å²) in [5.41, 5.74) is 1.02. The van der Waals surface area contributed by atoms with Gasteiger partial charge in [0.05, 0.1) is 11.1 Å². The molecule has 0 radical (unpaired) electrons. The van der Waals surface area contributed by atoms with Crippen LogP contribution in [0.2, 0.25) is 0 Å². The summed E-state index contributed by atoms with van der Waals surface area (Å²) in [5, 5.41) is 10.4. The van der Waals surface area contributed by atoms with E-state index in [9.17, 15) is 4.79 Å². The first-order chi connectivity index (χ1) is 7.49. The van der Waals surface area contributed by atoms with Crippen molar-refractivity contribution in [2.24, 2.45) is 0 Å². The molecule has 0 spiro atoms. The molecule has 0 saturated carbocycles. The largest absolute Gasteiger partial charge is 0.513 e. The molecule has 0 fully saturated rings. The molecular formula is C11H11NO2S2. The number of allylic oxidation sites excluding steroid dienone is 1. The van der Waals surface area contributed by atoms with E-state index in [-0.39, 0.29) is 10.5 Å². The van der Waals surface area contributed by atoms with E-state index in [1.165, 1.54) is 17.4 Å². The molecule has 0 unspecified atom stereocenters. The minimum Gasteiger partial charge on any atom is -0.513 e. The molecule has 0 saturated heterocycles. The molecule has 0 aliphatic heterocycles. The lowest BCUT2D eigenvalue weighted by molar-refractivity contribution is 0.420. The van der Waals surface area contributed by atoms with Crippen molar-refractivity contribution in [1.82, 2.24) is 4.98 Å². The lowest BCUT2D eigenvalue weighted by Gasteiger charge is -1.93. The smallest absolute Gasteiger partial charge is 0.244 e. The molecule has 2 aromatic rings. The number of hydrogen-bond donors (Lipinski definition) is 1. The molecule has 2 heterocycles. The molecule has 0 aliphatic rings. The van der Waals surface area contributed by atoms with E-state index in [1.54, 1.807) is 6.92 Å². The van der Waals surface area contributed by atoms with Crippen molar-refractivity contribution in [3.63, 3.8) is 0 Å². The highest BCUT2D eigenvalue weighted by molar-refractivity contribution is 7.19. The van der Waals surface area contributed by atoms with Crippen LogP contribution in [0.15, 0.2) is 10.6 Å². The van der Waals surface area contributed by atoms with Gasteiger partial charge in [0.2, 0.25) is 4.74 Å². The first-order valence-electron chi connectivity index (χ1n) is 4.77. The third kappa shape index (κ3) is 1.88. The molecule has 16 heavy (non-hydrogen) atoms. The molecule has 2 aromatic heterocycles. The zero-order chi connectivity index (χ0) is 11.9. The number of aliphatic hydroxyl groups is 1. The van der Waals surface area contributed by atoms with Crippen molar-refractivity contribution < 1.29 is 5.11 Å². The second-order valence-electron chi connectivity index (χ2n) is 3.59. The van der Waals surface area contributed by atoms with Gasteiger partial charge in [-0.25, -0.2) is 4.98 Å². The van der Waals surface area contributed by atoms with Gasteiger partial charge in [-0.2, -0.15) is 0 Å².